The Labute approximate surface area is 256 Å². The van der Waals surface area contributed by atoms with Crippen molar-refractivity contribution in [3.63, 3.8) is 0 Å². The second-order valence-corrected chi connectivity index (χ2v) is 13.2. The maximum absolute atomic E-state index is 14.3. The third kappa shape index (κ3) is 8.16. The summed E-state index contributed by atoms with van der Waals surface area (Å²) in [5.74, 6) is 0.0129. The Kier molecular flexibility index (Phi) is 10.9. The van der Waals surface area contributed by atoms with E-state index in [-0.39, 0.29) is 23.4 Å². The molecule has 1 aliphatic carbocycles. The van der Waals surface area contributed by atoms with Gasteiger partial charge in [0.15, 0.2) is 0 Å². The zero-order valence-corrected chi connectivity index (χ0v) is 26.4. The van der Waals surface area contributed by atoms with Crippen LogP contribution in [0, 0.1) is 13.8 Å². The van der Waals surface area contributed by atoms with Crippen molar-refractivity contribution in [1.29, 1.82) is 0 Å². The van der Waals surface area contributed by atoms with Gasteiger partial charge in [-0.3, -0.25) is 13.9 Å². The number of amides is 2. The van der Waals surface area contributed by atoms with E-state index in [9.17, 15) is 18.0 Å². The Morgan fingerprint density at radius 3 is 2.14 bits per heavy atom. The average molecular weight is 606 g/mol. The van der Waals surface area contributed by atoms with Crippen LogP contribution in [0.4, 0.5) is 5.69 Å². The van der Waals surface area contributed by atoms with Crippen LogP contribution >= 0.6 is 0 Å². The van der Waals surface area contributed by atoms with Crippen molar-refractivity contribution < 1.29 is 22.7 Å². The summed E-state index contributed by atoms with van der Waals surface area (Å²) in [7, 11) is -2.52. The number of benzene rings is 3. The van der Waals surface area contributed by atoms with Crippen LogP contribution in [-0.4, -0.2) is 50.9 Å². The molecule has 1 N–H and O–H groups in total. The fourth-order valence-corrected chi connectivity index (χ4v) is 7.15. The van der Waals surface area contributed by atoms with E-state index in [1.165, 1.54) is 17.0 Å². The van der Waals surface area contributed by atoms with Gasteiger partial charge in [-0.2, -0.15) is 0 Å². The molecule has 0 aromatic heterocycles. The molecule has 0 radical (unpaired) electrons. The van der Waals surface area contributed by atoms with Gasteiger partial charge in [0.25, 0.3) is 10.0 Å². The van der Waals surface area contributed by atoms with E-state index in [2.05, 4.69) is 5.32 Å². The van der Waals surface area contributed by atoms with Gasteiger partial charge in [0.05, 0.1) is 17.7 Å². The van der Waals surface area contributed by atoms with Crippen molar-refractivity contribution in [2.24, 2.45) is 0 Å². The molecule has 4 rings (SSSR count). The highest BCUT2D eigenvalue weighted by Gasteiger charge is 2.34. The second kappa shape index (κ2) is 14.6. The van der Waals surface area contributed by atoms with Gasteiger partial charge in [-0.05, 0) is 86.2 Å². The standard InChI is InChI=1S/C34H43N3O5S/c1-5-32(34(39)35-28-12-8-6-9-13-28)36(23-27-16-18-30(42-4)19-17-27)33(38)24-37(29-21-25(2)20-26(3)22-29)43(40,41)31-14-10-7-11-15-31/h7,10-11,14-22,28,32H,5-6,8-9,12-13,23-24H2,1-4H3,(H,35,39)/t32-/m1/s1. The van der Waals surface area contributed by atoms with Crippen molar-refractivity contribution in [1.82, 2.24) is 10.2 Å². The van der Waals surface area contributed by atoms with Gasteiger partial charge in [-0.25, -0.2) is 8.42 Å². The Bertz CT molecular complexity index is 1470. The predicted molar refractivity (Wildman–Crippen MR) is 170 cm³/mol. The number of methoxy groups -OCH3 is 1. The molecule has 43 heavy (non-hydrogen) atoms. The van der Waals surface area contributed by atoms with Crippen LogP contribution in [0.5, 0.6) is 5.75 Å². The number of nitrogens with zero attached hydrogens (tertiary/aromatic N) is 2. The first kappa shape index (κ1) is 32.1. The summed E-state index contributed by atoms with van der Waals surface area (Å²) in [5, 5.41) is 3.18. The topological polar surface area (TPSA) is 96.0 Å². The molecule has 0 heterocycles. The van der Waals surface area contributed by atoms with Gasteiger partial charge in [0.1, 0.15) is 18.3 Å². The summed E-state index contributed by atoms with van der Waals surface area (Å²) in [4.78, 5) is 29.6. The summed E-state index contributed by atoms with van der Waals surface area (Å²) >= 11 is 0. The van der Waals surface area contributed by atoms with Crippen LogP contribution in [0.3, 0.4) is 0 Å². The largest absolute Gasteiger partial charge is 0.497 e. The van der Waals surface area contributed by atoms with Crippen LogP contribution in [0.1, 0.15) is 62.1 Å². The van der Waals surface area contributed by atoms with E-state index in [1.54, 1.807) is 37.4 Å². The van der Waals surface area contributed by atoms with E-state index in [0.717, 1.165) is 53.1 Å². The number of hydrogen-bond donors (Lipinski definition) is 1. The molecule has 0 bridgehead atoms. The van der Waals surface area contributed by atoms with E-state index in [4.69, 9.17) is 4.74 Å². The molecule has 3 aromatic carbocycles. The molecule has 3 aromatic rings. The molecule has 9 heteroatoms. The zero-order chi connectivity index (χ0) is 31.0. The monoisotopic (exact) mass is 605 g/mol. The smallest absolute Gasteiger partial charge is 0.264 e. The Hall–Kier alpha value is -3.85. The maximum atomic E-state index is 14.3. The molecule has 2 amide bonds. The molecular formula is C34H43N3O5S. The molecule has 0 aliphatic heterocycles. The number of rotatable bonds is 12. The summed E-state index contributed by atoms with van der Waals surface area (Å²) in [6.45, 7) is 5.35. The molecule has 230 valence electrons. The van der Waals surface area contributed by atoms with Gasteiger partial charge in [-0.1, -0.05) is 62.6 Å². The van der Waals surface area contributed by atoms with E-state index in [0.29, 0.717) is 17.9 Å². The lowest BCUT2D eigenvalue weighted by Crippen LogP contribution is -2.54. The van der Waals surface area contributed by atoms with Crippen molar-refractivity contribution in [2.75, 3.05) is 18.0 Å². The number of hydrogen-bond acceptors (Lipinski definition) is 5. The summed E-state index contributed by atoms with van der Waals surface area (Å²) in [5.41, 5.74) is 2.97. The van der Waals surface area contributed by atoms with Gasteiger partial charge in [0.2, 0.25) is 11.8 Å². The molecule has 0 spiro atoms. The number of aryl methyl sites for hydroxylation is 2. The normalized spacial score (nSPS) is 14.5. The number of nitrogens with one attached hydrogen (secondary N) is 1. The van der Waals surface area contributed by atoms with Crippen molar-refractivity contribution in [3.8, 4) is 5.75 Å². The second-order valence-electron chi connectivity index (χ2n) is 11.3. The van der Waals surface area contributed by atoms with E-state index < -0.39 is 28.5 Å². The quantitative estimate of drug-likeness (QED) is 0.283. The van der Waals surface area contributed by atoms with Crippen molar-refractivity contribution in [2.45, 2.75) is 82.8 Å². The molecule has 8 nitrogen and oxygen atoms in total. The molecule has 0 saturated heterocycles. The van der Waals surface area contributed by atoms with Crippen LogP contribution in [0.2, 0.25) is 0 Å². The Balaban J connectivity index is 1.72. The molecule has 1 fully saturated rings. The average Bonchev–Trinajstić information content (AvgIpc) is 3.00. The van der Waals surface area contributed by atoms with Gasteiger partial charge in [-0.15, -0.1) is 0 Å². The van der Waals surface area contributed by atoms with Gasteiger partial charge < -0.3 is 15.0 Å². The van der Waals surface area contributed by atoms with Gasteiger partial charge >= 0.3 is 0 Å². The minimum atomic E-state index is -4.10. The number of carbonyl (C=O) groups is 2. The first-order valence-electron chi connectivity index (χ1n) is 15.0. The Morgan fingerprint density at radius 1 is 0.930 bits per heavy atom. The number of carbonyl (C=O) groups excluding carboxylic acids is 2. The summed E-state index contributed by atoms with van der Waals surface area (Å²) in [6, 6.07) is 20.2. The summed E-state index contributed by atoms with van der Waals surface area (Å²) in [6.07, 6.45) is 5.52. The minimum absolute atomic E-state index is 0.0819. The highest BCUT2D eigenvalue weighted by Crippen LogP contribution is 2.27. The lowest BCUT2D eigenvalue weighted by atomic mass is 9.95. The number of sulfonamides is 1. The van der Waals surface area contributed by atoms with E-state index >= 15 is 0 Å². The van der Waals surface area contributed by atoms with Crippen molar-refractivity contribution >= 4 is 27.5 Å². The molecule has 0 unspecified atom stereocenters. The fourth-order valence-electron chi connectivity index (χ4n) is 5.73. The van der Waals surface area contributed by atoms with Crippen LogP contribution in [0.15, 0.2) is 77.7 Å². The Morgan fingerprint density at radius 2 is 1.56 bits per heavy atom. The third-order valence-corrected chi connectivity index (χ3v) is 9.74. The van der Waals surface area contributed by atoms with Crippen LogP contribution in [-0.2, 0) is 26.2 Å². The molecular weight excluding hydrogens is 562 g/mol. The maximum Gasteiger partial charge on any atom is 0.264 e. The van der Waals surface area contributed by atoms with Gasteiger partial charge in [0, 0.05) is 12.6 Å². The van der Waals surface area contributed by atoms with Crippen LogP contribution < -0.4 is 14.4 Å². The molecule has 1 saturated carbocycles. The highest BCUT2D eigenvalue weighted by atomic mass is 32.2. The number of ether oxygens (including phenoxy) is 1. The third-order valence-electron chi connectivity index (χ3n) is 7.95. The lowest BCUT2D eigenvalue weighted by molar-refractivity contribution is -0.140. The van der Waals surface area contributed by atoms with Crippen molar-refractivity contribution in [3.05, 3.63) is 89.5 Å². The summed E-state index contributed by atoms with van der Waals surface area (Å²) < 4.78 is 34.5. The predicted octanol–water partition coefficient (Wildman–Crippen LogP) is 5.76. The number of anilines is 1. The molecule has 1 atom stereocenters. The van der Waals surface area contributed by atoms with E-state index in [1.807, 2.05) is 51.1 Å². The van der Waals surface area contributed by atoms with Crippen LogP contribution in [0.25, 0.3) is 0 Å². The lowest BCUT2D eigenvalue weighted by Gasteiger charge is -2.34. The minimum Gasteiger partial charge on any atom is -0.497 e. The first-order chi connectivity index (χ1) is 20.6. The zero-order valence-electron chi connectivity index (χ0n) is 25.6. The first-order valence-corrected chi connectivity index (χ1v) is 16.4. The molecule has 1 aliphatic rings. The SMILES string of the molecule is CC[C@H](C(=O)NC1CCCCC1)N(Cc1ccc(OC)cc1)C(=O)CN(c1cc(C)cc(C)c1)S(=O)(=O)c1ccccc1. The fraction of sp³-hybridized carbons (Fsp3) is 0.412. The highest BCUT2D eigenvalue weighted by molar-refractivity contribution is 7.92.